The van der Waals surface area contributed by atoms with Crippen molar-refractivity contribution in [1.82, 2.24) is 20.0 Å². The third kappa shape index (κ3) is 3.56. The van der Waals surface area contributed by atoms with Gasteiger partial charge in [-0.15, -0.1) is 0 Å². The minimum Gasteiger partial charge on any atom is -0.312 e. The molecule has 0 bridgehead atoms. The van der Waals surface area contributed by atoms with Gasteiger partial charge in [0.15, 0.2) is 0 Å². The molecule has 0 radical (unpaired) electrons. The molecule has 2 atom stereocenters. The van der Waals surface area contributed by atoms with Gasteiger partial charge in [-0.1, -0.05) is 13.8 Å². The van der Waals surface area contributed by atoms with Crippen LogP contribution >= 0.6 is 0 Å². The fourth-order valence-corrected chi connectivity index (χ4v) is 2.58. The van der Waals surface area contributed by atoms with E-state index in [1.54, 1.807) is 0 Å². The van der Waals surface area contributed by atoms with Crippen molar-refractivity contribution in [3.63, 3.8) is 0 Å². The normalized spacial score (nSPS) is 26.4. The molecule has 0 aliphatic carbocycles. The van der Waals surface area contributed by atoms with Crippen molar-refractivity contribution in [3.05, 3.63) is 18.5 Å². The molecule has 1 aromatic heterocycles. The fourth-order valence-electron chi connectivity index (χ4n) is 2.58. The summed E-state index contributed by atoms with van der Waals surface area (Å²) in [5.41, 5.74) is 0. The van der Waals surface area contributed by atoms with Gasteiger partial charge in [0.1, 0.15) is 0 Å². The molecule has 1 N–H and O–H groups in total. The Hall–Kier alpha value is -0.870. The first kappa shape index (κ1) is 13.6. The smallest absolute Gasteiger partial charge is 0.0536 e. The Morgan fingerprint density at radius 3 is 2.89 bits per heavy atom. The van der Waals surface area contributed by atoms with Crippen molar-refractivity contribution < 1.29 is 0 Å². The lowest BCUT2D eigenvalue weighted by Gasteiger charge is -2.30. The second kappa shape index (κ2) is 6.34. The molecule has 1 fully saturated rings. The van der Waals surface area contributed by atoms with E-state index >= 15 is 0 Å². The van der Waals surface area contributed by atoms with Gasteiger partial charge in [-0.3, -0.25) is 9.58 Å². The molecule has 4 nitrogen and oxygen atoms in total. The average Bonchev–Trinajstić information content (AvgIpc) is 2.77. The van der Waals surface area contributed by atoms with Crippen LogP contribution in [0.4, 0.5) is 0 Å². The quantitative estimate of drug-likeness (QED) is 0.881. The van der Waals surface area contributed by atoms with Crippen LogP contribution in [-0.2, 0) is 6.54 Å². The Bertz CT molecular complexity index is 334. The summed E-state index contributed by atoms with van der Waals surface area (Å²) in [5, 5.41) is 7.95. The predicted molar refractivity (Wildman–Crippen MR) is 74.5 cm³/mol. The van der Waals surface area contributed by atoms with Gasteiger partial charge in [0.05, 0.1) is 6.54 Å². The lowest BCUT2D eigenvalue weighted by Crippen LogP contribution is -2.44. The Labute approximate surface area is 110 Å². The highest BCUT2D eigenvalue weighted by Gasteiger charge is 2.24. The molecule has 0 saturated carbocycles. The van der Waals surface area contributed by atoms with Gasteiger partial charge >= 0.3 is 0 Å². The second-order valence-corrected chi connectivity index (χ2v) is 5.71. The van der Waals surface area contributed by atoms with Crippen LogP contribution in [0.3, 0.4) is 0 Å². The lowest BCUT2D eigenvalue weighted by atomic mass is 10.0. The molecule has 1 aliphatic rings. The molecule has 2 unspecified atom stereocenters. The van der Waals surface area contributed by atoms with Gasteiger partial charge in [0, 0.05) is 37.6 Å². The summed E-state index contributed by atoms with van der Waals surface area (Å²) in [7, 11) is 0. The maximum atomic E-state index is 4.28. The highest BCUT2D eigenvalue weighted by Crippen LogP contribution is 2.13. The first-order chi connectivity index (χ1) is 8.66. The van der Waals surface area contributed by atoms with Crippen LogP contribution in [0, 0.1) is 5.92 Å². The highest BCUT2D eigenvalue weighted by atomic mass is 15.3. The Morgan fingerprint density at radius 1 is 1.39 bits per heavy atom. The SMILES string of the molecule is CC(C)C1CN(CCn2cccn2)C(C)CCN1. The Balaban J connectivity index is 1.90. The standard InChI is InChI=1S/C14H26N4/c1-12(2)14-11-17(13(3)5-7-15-14)9-10-18-8-4-6-16-18/h4,6,8,12-15H,5,7,9-11H2,1-3H3. The monoisotopic (exact) mass is 250 g/mol. The van der Waals surface area contributed by atoms with Gasteiger partial charge in [-0.25, -0.2) is 0 Å². The molecular formula is C14H26N4. The van der Waals surface area contributed by atoms with Gasteiger partial charge in [0.2, 0.25) is 0 Å². The Morgan fingerprint density at radius 2 is 2.22 bits per heavy atom. The van der Waals surface area contributed by atoms with E-state index in [9.17, 15) is 0 Å². The van der Waals surface area contributed by atoms with Crippen molar-refractivity contribution in [2.75, 3.05) is 19.6 Å². The zero-order chi connectivity index (χ0) is 13.0. The number of rotatable bonds is 4. The molecular weight excluding hydrogens is 224 g/mol. The summed E-state index contributed by atoms with van der Waals surface area (Å²) in [5.74, 6) is 0.697. The molecule has 2 heterocycles. The third-order valence-electron chi connectivity index (χ3n) is 4.00. The summed E-state index contributed by atoms with van der Waals surface area (Å²) in [6, 6.07) is 3.27. The molecule has 1 aromatic rings. The number of hydrogen-bond donors (Lipinski definition) is 1. The summed E-state index contributed by atoms with van der Waals surface area (Å²) >= 11 is 0. The van der Waals surface area contributed by atoms with E-state index in [1.165, 1.54) is 6.42 Å². The summed E-state index contributed by atoms with van der Waals surface area (Å²) in [4.78, 5) is 2.60. The van der Waals surface area contributed by atoms with Crippen molar-refractivity contribution in [1.29, 1.82) is 0 Å². The Kier molecular flexibility index (Phi) is 4.78. The predicted octanol–water partition coefficient (Wildman–Crippen LogP) is 1.59. The van der Waals surface area contributed by atoms with E-state index in [0.717, 1.165) is 26.2 Å². The largest absolute Gasteiger partial charge is 0.312 e. The van der Waals surface area contributed by atoms with Crippen LogP contribution in [0.1, 0.15) is 27.2 Å². The van der Waals surface area contributed by atoms with Crippen molar-refractivity contribution in [3.8, 4) is 0 Å². The zero-order valence-corrected chi connectivity index (χ0v) is 11.8. The second-order valence-electron chi connectivity index (χ2n) is 5.71. The molecule has 2 rings (SSSR count). The minimum atomic E-state index is 0.618. The van der Waals surface area contributed by atoms with E-state index in [0.29, 0.717) is 18.0 Å². The van der Waals surface area contributed by atoms with E-state index < -0.39 is 0 Å². The van der Waals surface area contributed by atoms with E-state index in [2.05, 4.69) is 36.1 Å². The van der Waals surface area contributed by atoms with E-state index in [1.807, 2.05) is 23.1 Å². The van der Waals surface area contributed by atoms with Gasteiger partial charge in [-0.05, 0) is 31.9 Å². The van der Waals surface area contributed by atoms with Crippen LogP contribution in [-0.4, -0.2) is 46.4 Å². The molecule has 0 aromatic carbocycles. The topological polar surface area (TPSA) is 33.1 Å². The number of nitrogens with one attached hydrogen (secondary N) is 1. The first-order valence-electron chi connectivity index (χ1n) is 7.11. The molecule has 1 aliphatic heterocycles. The lowest BCUT2D eigenvalue weighted by molar-refractivity contribution is 0.183. The summed E-state index contributed by atoms with van der Waals surface area (Å²) < 4.78 is 2.02. The fraction of sp³-hybridized carbons (Fsp3) is 0.786. The molecule has 18 heavy (non-hydrogen) atoms. The average molecular weight is 250 g/mol. The maximum absolute atomic E-state index is 4.28. The third-order valence-corrected chi connectivity index (χ3v) is 4.00. The van der Waals surface area contributed by atoms with Crippen LogP contribution in [0.5, 0.6) is 0 Å². The van der Waals surface area contributed by atoms with Gasteiger partial charge < -0.3 is 5.32 Å². The first-order valence-corrected chi connectivity index (χ1v) is 7.11. The van der Waals surface area contributed by atoms with E-state index in [4.69, 9.17) is 0 Å². The van der Waals surface area contributed by atoms with Crippen molar-refractivity contribution >= 4 is 0 Å². The number of nitrogens with zero attached hydrogens (tertiary/aromatic N) is 3. The molecule has 1 saturated heterocycles. The highest BCUT2D eigenvalue weighted by molar-refractivity contribution is 4.83. The number of hydrogen-bond acceptors (Lipinski definition) is 3. The molecule has 0 amide bonds. The number of aromatic nitrogens is 2. The summed E-state index contributed by atoms with van der Waals surface area (Å²) in [6.45, 7) is 11.3. The van der Waals surface area contributed by atoms with Crippen molar-refractivity contribution in [2.24, 2.45) is 5.92 Å². The van der Waals surface area contributed by atoms with Crippen molar-refractivity contribution in [2.45, 2.75) is 45.8 Å². The van der Waals surface area contributed by atoms with Crippen LogP contribution in [0.15, 0.2) is 18.5 Å². The minimum absolute atomic E-state index is 0.618. The van der Waals surface area contributed by atoms with Crippen LogP contribution < -0.4 is 5.32 Å². The van der Waals surface area contributed by atoms with Crippen LogP contribution in [0.2, 0.25) is 0 Å². The van der Waals surface area contributed by atoms with Gasteiger partial charge in [-0.2, -0.15) is 5.10 Å². The molecule has 4 heteroatoms. The summed E-state index contributed by atoms with van der Waals surface area (Å²) in [6.07, 6.45) is 5.13. The maximum Gasteiger partial charge on any atom is 0.0536 e. The zero-order valence-electron chi connectivity index (χ0n) is 11.8. The van der Waals surface area contributed by atoms with Gasteiger partial charge in [0.25, 0.3) is 0 Å². The van der Waals surface area contributed by atoms with Crippen LogP contribution in [0.25, 0.3) is 0 Å². The van der Waals surface area contributed by atoms with E-state index in [-0.39, 0.29) is 0 Å². The molecule has 102 valence electrons. The molecule has 0 spiro atoms.